The molecule has 7 heteroatoms. The number of benzene rings is 1. The lowest BCUT2D eigenvalue weighted by Gasteiger charge is -2.16. The molecule has 3 aromatic rings. The molecule has 0 radical (unpaired) electrons. The number of hydrogen-bond acceptors (Lipinski definition) is 5. The fourth-order valence-electron chi connectivity index (χ4n) is 3.41. The number of nitrogens with zero attached hydrogens (tertiary/aromatic N) is 5. The number of pyridine rings is 1. The lowest BCUT2D eigenvalue weighted by Crippen LogP contribution is -2.38. The van der Waals surface area contributed by atoms with Crippen LogP contribution in [0.25, 0.3) is 0 Å². The van der Waals surface area contributed by atoms with Crippen LogP contribution in [0.2, 0.25) is 0 Å². The van der Waals surface area contributed by atoms with Gasteiger partial charge in [0.15, 0.2) is 0 Å². The van der Waals surface area contributed by atoms with Crippen LogP contribution in [0.15, 0.2) is 61.2 Å². The van der Waals surface area contributed by atoms with Crippen molar-refractivity contribution in [1.82, 2.24) is 19.9 Å². The molecule has 140 valence electrons. The third-order valence-corrected chi connectivity index (χ3v) is 4.87. The van der Waals surface area contributed by atoms with Crippen molar-refractivity contribution >= 4 is 11.7 Å². The van der Waals surface area contributed by atoms with E-state index in [-0.39, 0.29) is 11.9 Å². The van der Waals surface area contributed by atoms with Gasteiger partial charge in [-0.1, -0.05) is 18.2 Å². The van der Waals surface area contributed by atoms with E-state index in [0.717, 1.165) is 17.7 Å². The summed E-state index contributed by atoms with van der Waals surface area (Å²) >= 11 is 0. The lowest BCUT2D eigenvalue weighted by molar-refractivity contribution is -0.118. The lowest BCUT2D eigenvalue weighted by atomic mass is 10.1. The van der Waals surface area contributed by atoms with Crippen LogP contribution >= 0.6 is 0 Å². The van der Waals surface area contributed by atoms with Gasteiger partial charge in [-0.15, -0.1) is 0 Å². The molecule has 0 spiro atoms. The van der Waals surface area contributed by atoms with Crippen LogP contribution in [0.1, 0.15) is 23.2 Å². The Morgan fingerprint density at radius 2 is 2.18 bits per heavy atom. The first kappa shape index (κ1) is 17.9. The van der Waals surface area contributed by atoms with E-state index in [4.69, 9.17) is 5.26 Å². The highest BCUT2D eigenvalue weighted by Crippen LogP contribution is 2.19. The first-order chi connectivity index (χ1) is 13.7. The molecule has 0 bridgehead atoms. The van der Waals surface area contributed by atoms with E-state index >= 15 is 0 Å². The molecular formula is C21H20N6O. The number of rotatable bonds is 6. The number of hydrogen-bond donors (Lipinski definition) is 1. The Bertz CT molecular complexity index is 1010. The highest BCUT2D eigenvalue weighted by Gasteiger charge is 2.32. The number of carbonyl (C=O) groups excluding carboxylic acids is 1. The molecule has 1 unspecified atom stereocenters. The molecule has 1 amide bonds. The number of amides is 1. The minimum absolute atomic E-state index is 0.0477. The molecule has 1 N–H and O–H groups in total. The third-order valence-electron chi connectivity index (χ3n) is 4.87. The van der Waals surface area contributed by atoms with Crippen molar-refractivity contribution in [1.29, 1.82) is 5.26 Å². The van der Waals surface area contributed by atoms with Gasteiger partial charge in [-0.3, -0.25) is 9.69 Å². The molecule has 1 saturated heterocycles. The Kier molecular flexibility index (Phi) is 5.13. The second-order valence-corrected chi connectivity index (χ2v) is 6.73. The SMILES string of the molecule is N#Cc1cccc(Cn2cncc2CNC2CCN(c3ccccn3)C2=O)c1. The molecule has 0 aliphatic carbocycles. The zero-order valence-electron chi connectivity index (χ0n) is 15.3. The van der Waals surface area contributed by atoms with Crippen LogP contribution in [0.3, 0.4) is 0 Å². The summed E-state index contributed by atoms with van der Waals surface area (Å²) < 4.78 is 2.03. The van der Waals surface area contributed by atoms with Crippen molar-refractivity contribution in [2.45, 2.75) is 25.6 Å². The molecule has 1 aliphatic heterocycles. The zero-order valence-corrected chi connectivity index (χ0v) is 15.3. The van der Waals surface area contributed by atoms with Crippen LogP contribution in [0, 0.1) is 11.3 Å². The highest BCUT2D eigenvalue weighted by molar-refractivity contribution is 5.98. The summed E-state index contributed by atoms with van der Waals surface area (Å²) in [6.07, 6.45) is 6.01. The maximum Gasteiger partial charge on any atom is 0.245 e. The summed E-state index contributed by atoms with van der Waals surface area (Å²) in [4.78, 5) is 22.9. The molecule has 4 rings (SSSR count). The Labute approximate surface area is 163 Å². The molecule has 3 heterocycles. The van der Waals surface area contributed by atoms with Gasteiger partial charge in [-0.2, -0.15) is 5.26 Å². The van der Waals surface area contributed by atoms with Crippen molar-refractivity contribution in [2.75, 3.05) is 11.4 Å². The van der Waals surface area contributed by atoms with Crippen LogP contribution < -0.4 is 10.2 Å². The standard InChI is InChI=1S/C21H20N6O/c22-11-16-4-3-5-17(10-16)14-26-15-23-12-18(26)13-25-19-7-9-27(21(19)28)20-6-1-2-8-24-20/h1-6,8,10,12,15,19,25H,7,9,13-14H2. The third kappa shape index (κ3) is 3.77. The van der Waals surface area contributed by atoms with Gasteiger partial charge in [0.2, 0.25) is 5.91 Å². The van der Waals surface area contributed by atoms with Crippen molar-refractivity contribution in [3.8, 4) is 6.07 Å². The van der Waals surface area contributed by atoms with E-state index in [1.165, 1.54) is 0 Å². The molecule has 2 aromatic heterocycles. The van der Waals surface area contributed by atoms with E-state index in [9.17, 15) is 4.79 Å². The van der Waals surface area contributed by atoms with Crippen molar-refractivity contribution in [3.63, 3.8) is 0 Å². The van der Waals surface area contributed by atoms with Gasteiger partial charge in [0.25, 0.3) is 0 Å². The maximum atomic E-state index is 12.7. The second kappa shape index (κ2) is 8.03. The van der Waals surface area contributed by atoms with Gasteiger partial charge in [0.1, 0.15) is 5.82 Å². The Morgan fingerprint density at radius 3 is 3.00 bits per heavy atom. The van der Waals surface area contributed by atoms with Gasteiger partial charge in [0, 0.05) is 32.0 Å². The highest BCUT2D eigenvalue weighted by atomic mass is 16.2. The number of aromatic nitrogens is 3. The van der Waals surface area contributed by atoms with Crippen molar-refractivity contribution in [2.24, 2.45) is 0 Å². The Hall–Kier alpha value is -3.50. The smallest absolute Gasteiger partial charge is 0.245 e. The molecule has 1 aromatic carbocycles. The topological polar surface area (TPSA) is 86.8 Å². The first-order valence-corrected chi connectivity index (χ1v) is 9.18. The van der Waals surface area contributed by atoms with Gasteiger partial charge < -0.3 is 9.88 Å². The summed E-state index contributed by atoms with van der Waals surface area (Å²) in [6.45, 7) is 1.84. The number of carbonyl (C=O) groups is 1. The molecule has 7 nitrogen and oxygen atoms in total. The van der Waals surface area contributed by atoms with Crippen LogP contribution in [0.5, 0.6) is 0 Å². The fraction of sp³-hybridized carbons (Fsp3) is 0.238. The average molecular weight is 372 g/mol. The number of nitriles is 1. The predicted molar refractivity (Wildman–Crippen MR) is 104 cm³/mol. The molecule has 1 fully saturated rings. The van der Waals surface area contributed by atoms with E-state index < -0.39 is 0 Å². The van der Waals surface area contributed by atoms with Gasteiger partial charge in [-0.25, -0.2) is 9.97 Å². The summed E-state index contributed by atoms with van der Waals surface area (Å²) in [7, 11) is 0. The summed E-state index contributed by atoms with van der Waals surface area (Å²) in [6, 6.07) is 15.0. The first-order valence-electron chi connectivity index (χ1n) is 9.18. The van der Waals surface area contributed by atoms with Gasteiger partial charge >= 0.3 is 0 Å². The Morgan fingerprint density at radius 1 is 1.25 bits per heavy atom. The largest absolute Gasteiger partial charge is 0.329 e. The summed E-state index contributed by atoms with van der Waals surface area (Å²) in [5.74, 6) is 0.741. The fourth-order valence-corrected chi connectivity index (χ4v) is 3.41. The number of anilines is 1. The van der Waals surface area contributed by atoms with Crippen molar-refractivity contribution < 1.29 is 4.79 Å². The quantitative estimate of drug-likeness (QED) is 0.716. The van der Waals surface area contributed by atoms with Crippen molar-refractivity contribution in [3.05, 3.63) is 78.0 Å². The monoisotopic (exact) mass is 372 g/mol. The van der Waals surface area contributed by atoms with E-state index in [1.54, 1.807) is 29.7 Å². The van der Waals surface area contributed by atoms with E-state index in [2.05, 4.69) is 21.4 Å². The molecule has 28 heavy (non-hydrogen) atoms. The van der Waals surface area contributed by atoms with E-state index in [1.807, 2.05) is 41.0 Å². The second-order valence-electron chi connectivity index (χ2n) is 6.73. The molecule has 0 saturated carbocycles. The van der Waals surface area contributed by atoms with E-state index in [0.29, 0.717) is 31.0 Å². The molecular weight excluding hydrogens is 352 g/mol. The van der Waals surface area contributed by atoms with Crippen LogP contribution in [0.4, 0.5) is 5.82 Å². The van der Waals surface area contributed by atoms with Crippen LogP contribution in [-0.2, 0) is 17.9 Å². The van der Waals surface area contributed by atoms with Gasteiger partial charge in [0.05, 0.1) is 29.7 Å². The minimum atomic E-state index is -0.229. The summed E-state index contributed by atoms with van der Waals surface area (Å²) in [5, 5.41) is 12.4. The predicted octanol–water partition coefficient (Wildman–Crippen LogP) is 2.09. The minimum Gasteiger partial charge on any atom is -0.329 e. The normalized spacial score (nSPS) is 16.3. The number of imidazole rings is 1. The molecule has 1 atom stereocenters. The molecule has 1 aliphatic rings. The summed E-state index contributed by atoms with van der Waals surface area (Å²) in [5.41, 5.74) is 2.67. The average Bonchev–Trinajstić information content (AvgIpc) is 3.33. The van der Waals surface area contributed by atoms with Gasteiger partial charge in [-0.05, 0) is 36.2 Å². The van der Waals surface area contributed by atoms with Crippen LogP contribution in [-0.4, -0.2) is 33.0 Å². The zero-order chi connectivity index (χ0) is 19.3. The maximum absolute atomic E-state index is 12.7. The number of nitrogens with one attached hydrogen (secondary N) is 1. The Balaban J connectivity index is 1.39.